The minimum atomic E-state index is 0.613. The van der Waals surface area contributed by atoms with Gasteiger partial charge in [0, 0.05) is 19.6 Å². The van der Waals surface area contributed by atoms with Gasteiger partial charge in [0.2, 0.25) is 0 Å². The van der Waals surface area contributed by atoms with Gasteiger partial charge in [-0.25, -0.2) is 0 Å². The van der Waals surface area contributed by atoms with Gasteiger partial charge < -0.3 is 9.47 Å². The van der Waals surface area contributed by atoms with Crippen molar-refractivity contribution in [2.45, 2.75) is 13.0 Å². The van der Waals surface area contributed by atoms with E-state index in [0.29, 0.717) is 6.61 Å². The molecule has 24 heavy (non-hydrogen) atoms. The molecule has 4 heteroatoms. The Labute approximate surface area is 157 Å². The first-order chi connectivity index (χ1) is 11.8. The van der Waals surface area contributed by atoms with E-state index in [1.165, 1.54) is 11.1 Å². The summed E-state index contributed by atoms with van der Waals surface area (Å²) < 4.78 is 12.5. The summed E-state index contributed by atoms with van der Waals surface area (Å²) in [5.74, 6) is 1.63. The average Bonchev–Trinajstić information content (AvgIpc) is 2.61. The Balaban J connectivity index is 1.59. The lowest BCUT2D eigenvalue weighted by atomic mass is 10.1. The van der Waals surface area contributed by atoms with Crippen LogP contribution < -0.4 is 9.47 Å². The van der Waals surface area contributed by atoms with Crippen LogP contribution >= 0.6 is 22.6 Å². The highest BCUT2D eigenvalue weighted by Gasteiger charge is 2.15. The Morgan fingerprint density at radius 3 is 2.71 bits per heavy atom. The number of methoxy groups -OCH3 is 1. The summed E-state index contributed by atoms with van der Waals surface area (Å²) in [7, 11) is 1.68. The van der Waals surface area contributed by atoms with Crippen molar-refractivity contribution >= 4 is 22.6 Å². The molecule has 0 radical (unpaired) electrons. The smallest absolute Gasteiger partial charge is 0.174 e. The van der Waals surface area contributed by atoms with E-state index in [2.05, 4.69) is 63.9 Å². The lowest BCUT2D eigenvalue weighted by molar-refractivity contribution is 0.254. The van der Waals surface area contributed by atoms with E-state index in [4.69, 9.17) is 9.47 Å². The molecule has 3 rings (SSSR count). The number of nitrogens with zero attached hydrogens (tertiary/aromatic N) is 1. The van der Waals surface area contributed by atoms with Crippen LogP contribution in [0.5, 0.6) is 11.5 Å². The van der Waals surface area contributed by atoms with E-state index in [1.54, 1.807) is 7.11 Å². The van der Waals surface area contributed by atoms with Crippen molar-refractivity contribution in [2.24, 2.45) is 0 Å². The highest BCUT2D eigenvalue weighted by atomic mass is 127. The second-order valence-electron chi connectivity index (χ2n) is 5.91. The van der Waals surface area contributed by atoms with Crippen LogP contribution in [0.1, 0.15) is 12.0 Å². The van der Waals surface area contributed by atoms with E-state index in [0.717, 1.165) is 41.1 Å². The first-order valence-electron chi connectivity index (χ1n) is 8.16. The molecule has 1 aliphatic rings. The van der Waals surface area contributed by atoms with Gasteiger partial charge in [0.05, 0.1) is 10.7 Å². The van der Waals surface area contributed by atoms with Crippen LogP contribution in [-0.4, -0.2) is 31.7 Å². The summed E-state index contributed by atoms with van der Waals surface area (Å²) in [5, 5.41) is 0. The van der Waals surface area contributed by atoms with Crippen molar-refractivity contribution in [1.29, 1.82) is 0 Å². The molecule has 0 saturated heterocycles. The van der Waals surface area contributed by atoms with E-state index >= 15 is 0 Å². The second-order valence-corrected chi connectivity index (χ2v) is 7.07. The standard InChI is InChI=1S/C20H22INO2/c1-23-19-11-5-10-18(21)20(19)24-15-17-9-6-12-22(14-17)13-16-7-3-2-4-8-16/h2-5,7-11H,6,12-15H2,1H3. The van der Waals surface area contributed by atoms with Crippen LogP contribution in [0.15, 0.2) is 60.2 Å². The topological polar surface area (TPSA) is 21.7 Å². The maximum atomic E-state index is 6.07. The quantitative estimate of drug-likeness (QED) is 0.493. The van der Waals surface area contributed by atoms with Crippen molar-refractivity contribution in [3.63, 3.8) is 0 Å². The number of hydrogen-bond acceptors (Lipinski definition) is 3. The zero-order valence-electron chi connectivity index (χ0n) is 13.9. The van der Waals surface area contributed by atoms with E-state index < -0.39 is 0 Å². The molecule has 0 unspecified atom stereocenters. The SMILES string of the molecule is COc1cccc(I)c1OCC1=CCCN(Cc2ccccc2)C1. The molecule has 1 heterocycles. The molecule has 2 aromatic rings. The van der Waals surface area contributed by atoms with Crippen molar-refractivity contribution in [1.82, 2.24) is 4.90 Å². The molecule has 0 N–H and O–H groups in total. The van der Waals surface area contributed by atoms with Gasteiger partial charge in [-0.2, -0.15) is 0 Å². The molecule has 126 valence electrons. The molecular weight excluding hydrogens is 413 g/mol. The summed E-state index contributed by atoms with van der Waals surface area (Å²) in [5.41, 5.74) is 2.69. The molecule has 0 spiro atoms. The number of para-hydroxylation sites is 1. The Morgan fingerprint density at radius 2 is 1.92 bits per heavy atom. The van der Waals surface area contributed by atoms with Crippen LogP contribution in [0, 0.1) is 3.57 Å². The van der Waals surface area contributed by atoms with Gasteiger partial charge in [0.15, 0.2) is 11.5 Å². The summed E-state index contributed by atoms with van der Waals surface area (Å²) in [4.78, 5) is 2.47. The van der Waals surface area contributed by atoms with Crippen molar-refractivity contribution in [3.05, 3.63) is 69.3 Å². The Kier molecular flexibility index (Phi) is 6.15. The molecule has 0 atom stereocenters. The maximum Gasteiger partial charge on any atom is 0.174 e. The maximum absolute atomic E-state index is 6.07. The van der Waals surface area contributed by atoms with Gasteiger partial charge >= 0.3 is 0 Å². The molecule has 1 aliphatic heterocycles. The van der Waals surface area contributed by atoms with Gasteiger partial charge in [0.1, 0.15) is 6.61 Å². The predicted octanol–water partition coefficient (Wildman–Crippen LogP) is 4.51. The van der Waals surface area contributed by atoms with Crippen LogP contribution in [0.25, 0.3) is 0 Å². The number of ether oxygens (including phenoxy) is 2. The van der Waals surface area contributed by atoms with E-state index in [9.17, 15) is 0 Å². The molecule has 2 aromatic carbocycles. The third-order valence-corrected chi connectivity index (χ3v) is 4.96. The Bertz CT molecular complexity index is 700. The lowest BCUT2D eigenvalue weighted by Gasteiger charge is -2.27. The van der Waals surface area contributed by atoms with Crippen molar-refractivity contribution < 1.29 is 9.47 Å². The monoisotopic (exact) mass is 435 g/mol. The summed E-state index contributed by atoms with van der Waals surface area (Å²) in [6.45, 7) is 3.66. The molecule has 0 fully saturated rings. The summed E-state index contributed by atoms with van der Waals surface area (Å²) >= 11 is 2.29. The van der Waals surface area contributed by atoms with Gasteiger partial charge in [-0.15, -0.1) is 0 Å². The molecule has 3 nitrogen and oxygen atoms in total. The summed E-state index contributed by atoms with van der Waals surface area (Å²) in [6.07, 6.45) is 3.39. The van der Waals surface area contributed by atoms with Crippen molar-refractivity contribution in [3.8, 4) is 11.5 Å². The molecule has 0 aromatic heterocycles. The predicted molar refractivity (Wildman–Crippen MR) is 106 cm³/mol. The third kappa shape index (κ3) is 4.51. The first kappa shape index (κ1) is 17.3. The largest absolute Gasteiger partial charge is 0.493 e. The molecule has 0 aliphatic carbocycles. The fraction of sp³-hybridized carbons (Fsp3) is 0.300. The number of halogens is 1. The molecular formula is C20H22INO2. The molecule has 0 amide bonds. The zero-order chi connectivity index (χ0) is 16.8. The fourth-order valence-corrected chi connectivity index (χ4v) is 3.55. The minimum absolute atomic E-state index is 0.613. The van der Waals surface area contributed by atoms with Crippen LogP contribution in [0.2, 0.25) is 0 Å². The number of hydrogen-bond donors (Lipinski definition) is 0. The summed E-state index contributed by atoms with van der Waals surface area (Å²) in [6, 6.07) is 16.6. The van der Waals surface area contributed by atoms with Crippen LogP contribution in [0.4, 0.5) is 0 Å². The lowest BCUT2D eigenvalue weighted by Crippen LogP contribution is -2.31. The van der Waals surface area contributed by atoms with Crippen molar-refractivity contribution in [2.75, 3.05) is 26.8 Å². The average molecular weight is 435 g/mol. The van der Waals surface area contributed by atoms with Crippen LogP contribution in [0.3, 0.4) is 0 Å². The normalized spacial score (nSPS) is 15.0. The van der Waals surface area contributed by atoms with E-state index in [1.807, 2.05) is 18.2 Å². The second kappa shape index (κ2) is 8.53. The number of benzene rings is 2. The van der Waals surface area contributed by atoms with Gasteiger partial charge in [-0.3, -0.25) is 4.90 Å². The Morgan fingerprint density at radius 1 is 1.08 bits per heavy atom. The van der Waals surface area contributed by atoms with Crippen LogP contribution in [-0.2, 0) is 6.54 Å². The van der Waals surface area contributed by atoms with Gasteiger partial charge in [-0.05, 0) is 52.3 Å². The third-order valence-electron chi connectivity index (χ3n) is 4.11. The Hall–Kier alpha value is -1.53. The number of rotatable bonds is 6. The fourth-order valence-electron chi connectivity index (χ4n) is 2.92. The highest BCUT2D eigenvalue weighted by Crippen LogP contribution is 2.32. The van der Waals surface area contributed by atoms with Gasteiger partial charge in [-0.1, -0.05) is 42.5 Å². The first-order valence-corrected chi connectivity index (χ1v) is 9.23. The highest BCUT2D eigenvalue weighted by molar-refractivity contribution is 14.1. The zero-order valence-corrected chi connectivity index (χ0v) is 16.0. The molecule has 0 saturated carbocycles. The minimum Gasteiger partial charge on any atom is -0.493 e. The molecule has 0 bridgehead atoms. The van der Waals surface area contributed by atoms with Gasteiger partial charge in [0.25, 0.3) is 0 Å². The van der Waals surface area contributed by atoms with E-state index in [-0.39, 0.29) is 0 Å².